The van der Waals surface area contributed by atoms with Gasteiger partial charge in [-0.15, -0.1) is 13.2 Å². The molecule has 1 atom stereocenters. The Labute approximate surface area is 149 Å². The van der Waals surface area contributed by atoms with E-state index in [1.807, 2.05) is 12.1 Å². The Hall–Kier alpha value is -2.48. The zero-order chi connectivity index (χ0) is 18.6. The lowest BCUT2D eigenvalue weighted by Crippen LogP contribution is -2.36. The summed E-state index contributed by atoms with van der Waals surface area (Å²) in [6.45, 7) is 4.70. The molecule has 0 amide bonds. The predicted octanol–water partition coefficient (Wildman–Crippen LogP) is 3.99. The smallest absolute Gasteiger partial charge is 0.405 e. The highest BCUT2D eigenvalue weighted by molar-refractivity contribution is 5.51. The molecule has 1 fully saturated rings. The maximum absolute atomic E-state index is 12.6. The lowest BCUT2D eigenvalue weighted by atomic mass is 10.1. The summed E-state index contributed by atoms with van der Waals surface area (Å²) in [5.41, 5.74) is 1.14. The van der Waals surface area contributed by atoms with Crippen LogP contribution in [0.5, 0.6) is 5.75 Å². The molecule has 26 heavy (non-hydrogen) atoms. The summed E-state index contributed by atoms with van der Waals surface area (Å²) in [5.74, 6) is 0.644. The zero-order valence-electron chi connectivity index (χ0n) is 14.3. The van der Waals surface area contributed by atoms with E-state index < -0.39 is 6.36 Å². The van der Waals surface area contributed by atoms with Crippen LogP contribution in [0.25, 0.3) is 0 Å². The van der Waals surface area contributed by atoms with Gasteiger partial charge in [0.2, 0.25) is 0 Å². The molecule has 1 aromatic carbocycles. The Morgan fingerprint density at radius 1 is 1.15 bits per heavy atom. The van der Waals surface area contributed by atoms with Gasteiger partial charge in [0, 0.05) is 18.7 Å². The minimum absolute atomic E-state index is 0.210. The molecule has 140 valence electrons. The van der Waals surface area contributed by atoms with Crippen LogP contribution in [-0.2, 0) is 4.74 Å². The van der Waals surface area contributed by atoms with Crippen LogP contribution < -0.4 is 15.0 Å². The van der Waals surface area contributed by atoms with Gasteiger partial charge < -0.3 is 19.7 Å². The lowest BCUT2D eigenvalue weighted by molar-refractivity contribution is -0.274. The number of nitrogens with zero attached hydrogens (tertiary/aromatic N) is 2. The van der Waals surface area contributed by atoms with Gasteiger partial charge in [0.15, 0.2) is 0 Å². The van der Waals surface area contributed by atoms with Gasteiger partial charge in [0.25, 0.3) is 0 Å². The molecule has 0 aliphatic carbocycles. The van der Waals surface area contributed by atoms with Gasteiger partial charge in [-0.2, -0.15) is 0 Å². The molecule has 0 unspecified atom stereocenters. The van der Waals surface area contributed by atoms with E-state index in [0.29, 0.717) is 18.8 Å². The number of rotatable bonds is 5. The third-order valence-electron chi connectivity index (χ3n) is 4.08. The molecule has 8 heteroatoms. The highest BCUT2D eigenvalue weighted by atomic mass is 19.4. The second kappa shape index (κ2) is 7.82. The number of ether oxygens (including phenoxy) is 2. The van der Waals surface area contributed by atoms with Gasteiger partial charge in [-0.05, 0) is 25.1 Å². The molecule has 1 N–H and O–H groups in total. The summed E-state index contributed by atoms with van der Waals surface area (Å²) in [6.07, 6.45) is -3.05. The second-order valence-corrected chi connectivity index (χ2v) is 5.96. The van der Waals surface area contributed by atoms with Gasteiger partial charge in [-0.25, -0.2) is 4.98 Å². The van der Waals surface area contributed by atoms with E-state index in [4.69, 9.17) is 4.74 Å². The number of nitrogens with one attached hydrogen (secondary N) is 1. The monoisotopic (exact) mass is 367 g/mol. The molecular formula is C18H20F3N3O2. The van der Waals surface area contributed by atoms with Crippen molar-refractivity contribution in [3.8, 4) is 5.75 Å². The first-order chi connectivity index (χ1) is 12.4. The van der Waals surface area contributed by atoms with Crippen molar-refractivity contribution in [3.05, 3.63) is 48.2 Å². The third kappa shape index (κ3) is 4.78. The average molecular weight is 367 g/mol. The molecule has 1 aromatic heterocycles. The number of pyridine rings is 1. The summed E-state index contributed by atoms with van der Waals surface area (Å²) in [7, 11) is 0. The van der Waals surface area contributed by atoms with E-state index in [9.17, 15) is 13.2 Å². The van der Waals surface area contributed by atoms with Crippen LogP contribution in [0.4, 0.5) is 24.7 Å². The van der Waals surface area contributed by atoms with Gasteiger partial charge in [0.05, 0.1) is 31.1 Å². The zero-order valence-corrected chi connectivity index (χ0v) is 14.3. The van der Waals surface area contributed by atoms with Crippen LogP contribution in [0.3, 0.4) is 0 Å². The standard InChI is InChI=1S/C18H20F3N3O2/c1-13(15-4-2-3-5-16(15)26-18(19,20)21)23-14-6-7-17(22-12-14)24-8-10-25-11-9-24/h2-7,12-13,23H,8-11H2,1H3/t13-/m1/s1. The largest absolute Gasteiger partial charge is 0.573 e. The van der Waals surface area contributed by atoms with Crippen molar-refractivity contribution in [2.24, 2.45) is 0 Å². The highest BCUT2D eigenvalue weighted by Crippen LogP contribution is 2.31. The number of halogens is 3. The van der Waals surface area contributed by atoms with Crippen molar-refractivity contribution in [2.45, 2.75) is 19.3 Å². The number of morpholine rings is 1. The fourth-order valence-corrected chi connectivity index (χ4v) is 2.83. The van der Waals surface area contributed by atoms with E-state index in [1.54, 1.807) is 25.3 Å². The number of alkyl halides is 3. The van der Waals surface area contributed by atoms with E-state index >= 15 is 0 Å². The van der Waals surface area contributed by atoms with Crippen LogP contribution >= 0.6 is 0 Å². The Balaban J connectivity index is 1.69. The first kappa shape index (κ1) is 18.3. The molecule has 1 aliphatic rings. The number of para-hydroxylation sites is 1. The lowest BCUT2D eigenvalue weighted by Gasteiger charge is -2.28. The van der Waals surface area contributed by atoms with Gasteiger partial charge >= 0.3 is 6.36 Å². The number of anilines is 2. The van der Waals surface area contributed by atoms with Gasteiger partial charge in [-0.1, -0.05) is 18.2 Å². The summed E-state index contributed by atoms with van der Waals surface area (Å²) >= 11 is 0. The van der Waals surface area contributed by atoms with E-state index in [1.165, 1.54) is 12.1 Å². The molecule has 1 saturated heterocycles. The van der Waals surface area contributed by atoms with Crippen molar-refractivity contribution in [1.29, 1.82) is 0 Å². The Kier molecular flexibility index (Phi) is 5.51. The van der Waals surface area contributed by atoms with Crippen LogP contribution in [0.2, 0.25) is 0 Å². The minimum atomic E-state index is -4.73. The van der Waals surface area contributed by atoms with Crippen LogP contribution in [-0.4, -0.2) is 37.6 Å². The SMILES string of the molecule is C[C@@H](Nc1ccc(N2CCOCC2)nc1)c1ccccc1OC(F)(F)F. The van der Waals surface area contributed by atoms with Crippen molar-refractivity contribution in [2.75, 3.05) is 36.5 Å². The van der Waals surface area contributed by atoms with E-state index in [2.05, 4.69) is 19.9 Å². The molecule has 2 heterocycles. The van der Waals surface area contributed by atoms with Crippen LogP contribution in [0.1, 0.15) is 18.5 Å². The molecular weight excluding hydrogens is 347 g/mol. The first-order valence-electron chi connectivity index (χ1n) is 8.32. The van der Waals surface area contributed by atoms with Crippen molar-refractivity contribution >= 4 is 11.5 Å². The fourth-order valence-electron chi connectivity index (χ4n) is 2.83. The molecule has 1 aliphatic heterocycles. The highest BCUT2D eigenvalue weighted by Gasteiger charge is 2.32. The number of aromatic nitrogens is 1. The summed E-state index contributed by atoms with van der Waals surface area (Å²) < 4.78 is 47.1. The first-order valence-corrected chi connectivity index (χ1v) is 8.32. The summed E-state index contributed by atoms with van der Waals surface area (Å²) in [4.78, 5) is 6.56. The van der Waals surface area contributed by atoms with Crippen LogP contribution in [0.15, 0.2) is 42.6 Å². The minimum Gasteiger partial charge on any atom is -0.405 e. The third-order valence-corrected chi connectivity index (χ3v) is 4.08. The van der Waals surface area contributed by atoms with E-state index in [0.717, 1.165) is 24.6 Å². The normalized spacial score (nSPS) is 16.2. The Bertz CT molecular complexity index is 716. The topological polar surface area (TPSA) is 46.6 Å². The summed E-state index contributed by atoms with van der Waals surface area (Å²) in [5, 5.41) is 3.16. The molecule has 0 radical (unpaired) electrons. The van der Waals surface area contributed by atoms with E-state index in [-0.39, 0.29) is 11.8 Å². The van der Waals surface area contributed by atoms with Gasteiger partial charge in [0.1, 0.15) is 11.6 Å². The van der Waals surface area contributed by atoms with Crippen molar-refractivity contribution < 1.29 is 22.6 Å². The van der Waals surface area contributed by atoms with Crippen LogP contribution in [0, 0.1) is 0 Å². The number of hydrogen-bond donors (Lipinski definition) is 1. The average Bonchev–Trinajstić information content (AvgIpc) is 2.62. The van der Waals surface area contributed by atoms with Gasteiger partial charge in [-0.3, -0.25) is 0 Å². The molecule has 3 rings (SSSR count). The van der Waals surface area contributed by atoms with Crippen molar-refractivity contribution in [1.82, 2.24) is 4.98 Å². The number of hydrogen-bond acceptors (Lipinski definition) is 5. The Morgan fingerprint density at radius 2 is 1.88 bits per heavy atom. The molecule has 0 spiro atoms. The second-order valence-electron chi connectivity index (χ2n) is 5.96. The van der Waals surface area contributed by atoms with Crippen molar-refractivity contribution in [3.63, 3.8) is 0 Å². The quantitative estimate of drug-likeness (QED) is 0.866. The fraction of sp³-hybridized carbons (Fsp3) is 0.389. The predicted molar refractivity (Wildman–Crippen MR) is 92.4 cm³/mol. The molecule has 0 saturated carbocycles. The maximum atomic E-state index is 12.6. The summed E-state index contributed by atoms with van der Waals surface area (Å²) in [6, 6.07) is 9.46. The molecule has 0 bridgehead atoms. The Morgan fingerprint density at radius 3 is 2.54 bits per heavy atom. The molecule has 2 aromatic rings. The number of benzene rings is 1. The maximum Gasteiger partial charge on any atom is 0.573 e. The molecule has 5 nitrogen and oxygen atoms in total.